The molecule has 1 aliphatic heterocycles. The van der Waals surface area contributed by atoms with Gasteiger partial charge in [0.15, 0.2) is 0 Å². The molecule has 0 aromatic rings. The Kier molecular flexibility index (Phi) is 5.49. The molecule has 1 N–H and O–H groups in total. The highest BCUT2D eigenvalue weighted by Gasteiger charge is 2.16. The van der Waals surface area contributed by atoms with E-state index in [0.717, 1.165) is 12.0 Å². The summed E-state index contributed by atoms with van der Waals surface area (Å²) < 4.78 is 0. The number of hydrogen-bond donors (Lipinski definition) is 1. The summed E-state index contributed by atoms with van der Waals surface area (Å²) in [5, 5.41) is 3.66. The quantitative estimate of drug-likeness (QED) is 0.747. The van der Waals surface area contributed by atoms with Crippen LogP contribution in [0, 0.1) is 5.92 Å². The largest absolute Gasteiger partial charge is 0.314 e. The molecule has 84 valence electrons. The second-order valence-corrected chi connectivity index (χ2v) is 4.71. The van der Waals surface area contributed by atoms with Crippen LogP contribution in [0.4, 0.5) is 0 Å². The van der Waals surface area contributed by atoms with Crippen molar-refractivity contribution in [1.29, 1.82) is 0 Å². The number of nitrogens with one attached hydrogen (secondary N) is 1. The van der Waals surface area contributed by atoms with Crippen LogP contribution >= 0.6 is 0 Å². The van der Waals surface area contributed by atoms with E-state index >= 15 is 0 Å². The second-order valence-electron chi connectivity index (χ2n) is 4.71. The third-order valence-electron chi connectivity index (χ3n) is 3.15. The summed E-state index contributed by atoms with van der Waals surface area (Å²) >= 11 is 0. The van der Waals surface area contributed by atoms with Gasteiger partial charge in [0.25, 0.3) is 0 Å². The third kappa shape index (κ3) is 3.97. The SMILES string of the molecule is CCCN1CCC(CC)NCC(C)C1. The van der Waals surface area contributed by atoms with Crippen molar-refractivity contribution in [3.8, 4) is 0 Å². The van der Waals surface area contributed by atoms with Crippen molar-refractivity contribution < 1.29 is 0 Å². The van der Waals surface area contributed by atoms with Gasteiger partial charge in [0.05, 0.1) is 0 Å². The molecule has 14 heavy (non-hydrogen) atoms. The molecule has 2 unspecified atom stereocenters. The van der Waals surface area contributed by atoms with Gasteiger partial charge >= 0.3 is 0 Å². The van der Waals surface area contributed by atoms with E-state index in [1.807, 2.05) is 0 Å². The molecule has 0 aromatic heterocycles. The van der Waals surface area contributed by atoms with E-state index in [-0.39, 0.29) is 0 Å². The van der Waals surface area contributed by atoms with Crippen LogP contribution in [-0.4, -0.2) is 37.1 Å². The number of hydrogen-bond acceptors (Lipinski definition) is 2. The molecule has 1 heterocycles. The van der Waals surface area contributed by atoms with Gasteiger partial charge in [-0.2, -0.15) is 0 Å². The zero-order valence-corrected chi connectivity index (χ0v) is 10.1. The lowest BCUT2D eigenvalue weighted by Crippen LogP contribution is -2.43. The van der Waals surface area contributed by atoms with E-state index in [9.17, 15) is 0 Å². The lowest BCUT2D eigenvalue weighted by atomic mass is 10.0. The summed E-state index contributed by atoms with van der Waals surface area (Å²) in [6.07, 6.45) is 3.88. The molecule has 2 nitrogen and oxygen atoms in total. The maximum atomic E-state index is 3.66. The van der Waals surface area contributed by atoms with Crippen molar-refractivity contribution in [3.63, 3.8) is 0 Å². The third-order valence-corrected chi connectivity index (χ3v) is 3.15. The molecule has 1 aliphatic rings. The van der Waals surface area contributed by atoms with Crippen molar-refractivity contribution >= 4 is 0 Å². The summed E-state index contributed by atoms with van der Waals surface area (Å²) in [5.74, 6) is 0.802. The van der Waals surface area contributed by atoms with Crippen molar-refractivity contribution in [2.24, 2.45) is 5.92 Å². The molecular weight excluding hydrogens is 172 g/mol. The Morgan fingerprint density at radius 1 is 1.36 bits per heavy atom. The Morgan fingerprint density at radius 3 is 2.79 bits per heavy atom. The van der Waals surface area contributed by atoms with Gasteiger partial charge in [0.1, 0.15) is 0 Å². The topological polar surface area (TPSA) is 15.3 Å². The van der Waals surface area contributed by atoms with E-state index in [1.54, 1.807) is 0 Å². The second kappa shape index (κ2) is 6.41. The lowest BCUT2D eigenvalue weighted by Gasteiger charge is -2.31. The Hall–Kier alpha value is -0.0800. The summed E-state index contributed by atoms with van der Waals surface area (Å²) in [6, 6.07) is 0.747. The van der Waals surface area contributed by atoms with E-state index in [4.69, 9.17) is 0 Å². The van der Waals surface area contributed by atoms with Crippen LogP contribution in [0.25, 0.3) is 0 Å². The first kappa shape index (κ1) is 12.0. The van der Waals surface area contributed by atoms with Crippen molar-refractivity contribution in [2.75, 3.05) is 26.2 Å². The smallest absolute Gasteiger partial charge is 0.00767 e. The highest BCUT2D eigenvalue weighted by atomic mass is 15.1. The fourth-order valence-corrected chi connectivity index (χ4v) is 2.27. The fourth-order valence-electron chi connectivity index (χ4n) is 2.27. The minimum atomic E-state index is 0.747. The van der Waals surface area contributed by atoms with Crippen LogP contribution in [0.15, 0.2) is 0 Å². The molecule has 0 aliphatic carbocycles. The van der Waals surface area contributed by atoms with Gasteiger partial charge in [-0.05, 0) is 44.8 Å². The Morgan fingerprint density at radius 2 is 2.14 bits per heavy atom. The van der Waals surface area contributed by atoms with Crippen LogP contribution in [-0.2, 0) is 0 Å². The summed E-state index contributed by atoms with van der Waals surface area (Å²) in [7, 11) is 0. The molecule has 1 rings (SSSR count). The molecule has 0 bridgehead atoms. The standard InChI is InChI=1S/C12H26N2/c1-4-7-14-8-6-12(5-2)13-9-11(3)10-14/h11-13H,4-10H2,1-3H3. The van der Waals surface area contributed by atoms with E-state index in [0.29, 0.717) is 0 Å². The molecular formula is C12H26N2. The molecule has 0 amide bonds. The summed E-state index contributed by atoms with van der Waals surface area (Å²) in [4.78, 5) is 2.63. The van der Waals surface area contributed by atoms with Gasteiger partial charge in [0.2, 0.25) is 0 Å². The fraction of sp³-hybridized carbons (Fsp3) is 1.00. The maximum Gasteiger partial charge on any atom is 0.00767 e. The van der Waals surface area contributed by atoms with Crippen LogP contribution in [0.1, 0.15) is 40.0 Å². The Bertz CT molecular complexity index is 147. The molecule has 2 atom stereocenters. The summed E-state index contributed by atoms with van der Waals surface area (Å²) in [6.45, 7) is 11.9. The Labute approximate surface area is 89.1 Å². The molecule has 0 radical (unpaired) electrons. The first-order valence-corrected chi connectivity index (χ1v) is 6.22. The van der Waals surface area contributed by atoms with Gasteiger partial charge in [-0.15, -0.1) is 0 Å². The average Bonchev–Trinajstić information content (AvgIpc) is 2.15. The van der Waals surface area contributed by atoms with E-state index in [2.05, 4.69) is 31.0 Å². The maximum absolute atomic E-state index is 3.66. The molecule has 1 fully saturated rings. The van der Waals surface area contributed by atoms with Gasteiger partial charge in [-0.3, -0.25) is 0 Å². The predicted molar refractivity (Wildman–Crippen MR) is 62.6 cm³/mol. The lowest BCUT2D eigenvalue weighted by molar-refractivity contribution is 0.197. The van der Waals surface area contributed by atoms with E-state index < -0.39 is 0 Å². The van der Waals surface area contributed by atoms with E-state index in [1.165, 1.54) is 45.4 Å². The van der Waals surface area contributed by atoms with Gasteiger partial charge in [-0.25, -0.2) is 0 Å². The molecule has 0 aromatic carbocycles. The van der Waals surface area contributed by atoms with Crippen LogP contribution in [0.2, 0.25) is 0 Å². The van der Waals surface area contributed by atoms with Gasteiger partial charge < -0.3 is 10.2 Å². The van der Waals surface area contributed by atoms with Crippen molar-refractivity contribution in [3.05, 3.63) is 0 Å². The molecule has 2 heteroatoms. The number of nitrogens with zero attached hydrogens (tertiary/aromatic N) is 1. The van der Waals surface area contributed by atoms with Crippen LogP contribution < -0.4 is 5.32 Å². The van der Waals surface area contributed by atoms with Crippen LogP contribution in [0.3, 0.4) is 0 Å². The predicted octanol–water partition coefficient (Wildman–Crippen LogP) is 2.11. The first-order valence-electron chi connectivity index (χ1n) is 6.22. The molecule has 0 spiro atoms. The van der Waals surface area contributed by atoms with Crippen LogP contribution in [0.5, 0.6) is 0 Å². The summed E-state index contributed by atoms with van der Waals surface area (Å²) in [5.41, 5.74) is 0. The minimum Gasteiger partial charge on any atom is -0.314 e. The van der Waals surface area contributed by atoms with Crippen molar-refractivity contribution in [2.45, 2.75) is 46.1 Å². The zero-order valence-electron chi connectivity index (χ0n) is 10.1. The average molecular weight is 198 g/mol. The first-order chi connectivity index (χ1) is 6.76. The van der Waals surface area contributed by atoms with Crippen molar-refractivity contribution in [1.82, 2.24) is 10.2 Å². The zero-order chi connectivity index (χ0) is 10.4. The monoisotopic (exact) mass is 198 g/mol. The number of rotatable bonds is 3. The highest BCUT2D eigenvalue weighted by molar-refractivity contribution is 4.75. The molecule has 1 saturated heterocycles. The Balaban J connectivity index is 2.39. The van der Waals surface area contributed by atoms with Gasteiger partial charge in [-0.1, -0.05) is 20.8 Å². The minimum absolute atomic E-state index is 0.747. The normalized spacial score (nSPS) is 31.1. The highest BCUT2D eigenvalue weighted by Crippen LogP contribution is 2.09. The molecule has 0 saturated carbocycles. The van der Waals surface area contributed by atoms with Gasteiger partial charge in [0, 0.05) is 12.6 Å².